The van der Waals surface area contributed by atoms with Crippen LogP contribution in [0.5, 0.6) is 5.75 Å². The third-order valence-electron chi connectivity index (χ3n) is 5.49. The molecule has 28 heavy (non-hydrogen) atoms. The van der Waals surface area contributed by atoms with Gasteiger partial charge in [-0.1, -0.05) is 6.92 Å². The Balaban J connectivity index is 1.71. The molecule has 0 spiro atoms. The van der Waals surface area contributed by atoms with E-state index < -0.39 is 11.6 Å². The van der Waals surface area contributed by atoms with Crippen LogP contribution in [0, 0.1) is 11.3 Å². The number of esters is 1. The molecule has 1 aromatic heterocycles. The average molecular weight is 390 g/mol. The zero-order chi connectivity index (χ0) is 20.5. The first-order valence-corrected chi connectivity index (χ1v) is 9.96. The molecule has 1 aromatic rings. The number of hydrogen-bond donors (Lipinski definition) is 0. The standard InChI is InChI=1S/C21H30N2O5/c1-6-16-21(11-14(21)12-23(16)19(25)28-20(3,4)5)13-27-15-9-8-10-22-17(15)18(24)26-7-2/h8-10,14,16H,6-7,11-13H2,1-5H3. The molecule has 1 aliphatic heterocycles. The van der Waals surface area contributed by atoms with Gasteiger partial charge in [0.25, 0.3) is 0 Å². The number of hydrogen-bond acceptors (Lipinski definition) is 6. The number of likely N-dealkylation sites (tertiary alicyclic amines) is 1. The summed E-state index contributed by atoms with van der Waals surface area (Å²) in [6, 6.07) is 3.53. The number of carbonyl (C=O) groups is 2. The van der Waals surface area contributed by atoms with Gasteiger partial charge in [0, 0.05) is 24.2 Å². The molecule has 0 bridgehead atoms. The fourth-order valence-electron chi connectivity index (χ4n) is 4.22. The lowest BCUT2D eigenvalue weighted by Gasteiger charge is -2.33. The van der Waals surface area contributed by atoms with E-state index in [0.717, 1.165) is 12.8 Å². The minimum absolute atomic E-state index is 0.0649. The van der Waals surface area contributed by atoms with Gasteiger partial charge in [0.05, 0.1) is 13.2 Å². The number of carbonyl (C=O) groups excluding carboxylic acids is 2. The number of rotatable bonds is 6. The van der Waals surface area contributed by atoms with E-state index in [0.29, 0.717) is 24.8 Å². The summed E-state index contributed by atoms with van der Waals surface area (Å²) in [4.78, 5) is 30.7. The second kappa shape index (κ2) is 7.60. The summed E-state index contributed by atoms with van der Waals surface area (Å²) in [6.07, 6.45) is 3.13. The van der Waals surface area contributed by atoms with E-state index in [1.54, 1.807) is 25.3 Å². The third-order valence-corrected chi connectivity index (χ3v) is 5.49. The minimum Gasteiger partial charge on any atom is -0.490 e. The summed E-state index contributed by atoms with van der Waals surface area (Å²) in [5.41, 5.74) is -0.420. The van der Waals surface area contributed by atoms with Crippen molar-refractivity contribution >= 4 is 12.1 Å². The average Bonchev–Trinajstić information content (AvgIpc) is 3.24. The van der Waals surface area contributed by atoms with Crippen molar-refractivity contribution in [2.75, 3.05) is 19.8 Å². The predicted octanol–water partition coefficient (Wildman–Crippen LogP) is 3.67. The van der Waals surface area contributed by atoms with Crippen LogP contribution in [0.15, 0.2) is 18.3 Å². The number of amides is 1. The van der Waals surface area contributed by atoms with Crippen LogP contribution in [0.2, 0.25) is 0 Å². The SMILES string of the molecule is CCOC(=O)c1ncccc1OCC12CC1CN(C(=O)OC(C)(C)C)C2CC. The molecular weight excluding hydrogens is 360 g/mol. The molecule has 2 aliphatic rings. The number of nitrogens with zero attached hydrogens (tertiary/aromatic N) is 2. The van der Waals surface area contributed by atoms with E-state index in [-0.39, 0.29) is 29.9 Å². The van der Waals surface area contributed by atoms with Crippen LogP contribution in [-0.2, 0) is 9.47 Å². The first kappa shape index (κ1) is 20.4. The van der Waals surface area contributed by atoms with Crippen LogP contribution >= 0.6 is 0 Å². The first-order valence-electron chi connectivity index (χ1n) is 9.96. The van der Waals surface area contributed by atoms with E-state index in [1.165, 1.54) is 0 Å². The summed E-state index contributed by atoms with van der Waals surface area (Å²) in [7, 11) is 0. The Kier molecular flexibility index (Phi) is 5.55. The largest absolute Gasteiger partial charge is 0.490 e. The van der Waals surface area contributed by atoms with Gasteiger partial charge in [-0.05, 0) is 58.6 Å². The molecule has 7 nitrogen and oxygen atoms in total. The van der Waals surface area contributed by atoms with Crippen molar-refractivity contribution in [1.29, 1.82) is 0 Å². The van der Waals surface area contributed by atoms with Gasteiger partial charge in [0.2, 0.25) is 0 Å². The molecule has 1 saturated heterocycles. The minimum atomic E-state index is -0.518. The number of ether oxygens (including phenoxy) is 3. The summed E-state index contributed by atoms with van der Waals surface area (Å²) in [5, 5.41) is 0. The lowest BCUT2D eigenvalue weighted by molar-refractivity contribution is 0.0136. The summed E-state index contributed by atoms with van der Waals surface area (Å²) < 4.78 is 16.7. The van der Waals surface area contributed by atoms with Crippen LogP contribution in [-0.4, -0.2) is 53.3 Å². The van der Waals surface area contributed by atoms with Crippen LogP contribution in [0.3, 0.4) is 0 Å². The highest BCUT2D eigenvalue weighted by atomic mass is 16.6. The van der Waals surface area contributed by atoms with Crippen LogP contribution < -0.4 is 4.74 Å². The van der Waals surface area contributed by atoms with Gasteiger partial charge in [0.15, 0.2) is 11.4 Å². The van der Waals surface area contributed by atoms with Crippen molar-refractivity contribution in [2.24, 2.45) is 11.3 Å². The van der Waals surface area contributed by atoms with Crippen LogP contribution in [0.4, 0.5) is 4.79 Å². The number of aromatic nitrogens is 1. The molecule has 0 N–H and O–H groups in total. The van der Waals surface area contributed by atoms with Gasteiger partial charge < -0.3 is 19.1 Å². The van der Waals surface area contributed by atoms with Crippen molar-refractivity contribution < 1.29 is 23.8 Å². The molecule has 2 heterocycles. The van der Waals surface area contributed by atoms with Gasteiger partial charge >= 0.3 is 12.1 Å². The van der Waals surface area contributed by atoms with Gasteiger partial charge in [0.1, 0.15) is 5.60 Å². The topological polar surface area (TPSA) is 78.0 Å². The maximum absolute atomic E-state index is 12.6. The predicted molar refractivity (Wildman–Crippen MR) is 103 cm³/mol. The molecule has 154 valence electrons. The maximum Gasteiger partial charge on any atom is 0.410 e. The molecule has 3 atom stereocenters. The van der Waals surface area contributed by atoms with E-state index in [1.807, 2.05) is 25.7 Å². The van der Waals surface area contributed by atoms with Gasteiger partial charge in [-0.25, -0.2) is 14.6 Å². The number of piperidine rings is 1. The first-order chi connectivity index (χ1) is 13.2. The molecule has 7 heteroatoms. The monoisotopic (exact) mass is 390 g/mol. The Morgan fingerprint density at radius 1 is 1.32 bits per heavy atom. The lowest BCUT2D eigenvalue weighted by Crippen LogP contribution is -2.44. The lowest BCUT2D eigenvalue weighted by atomic mass is 9.95. The quantitative estimate of drug-likeness (QED) is 0.690. The normalized spacial score (nSPS) is 25.8. The van der Waals surface area contributed by atoms with Crippen molar-refractivity contribution in [3.63, 3.8) is 0 Å². The van der Waals surface area contributed by atoms with Crippen LogP contribution in [0.1, 0.15) is 57.9 Å². The van der Waals surface area contributed by atoms with E-state index in [9.17, 15) is 9.59 Å². The van der Waals surface area contributed by atoms with Gasteiger partial charge in [-0.3, -0.25) is 0 Å². The van der Waals surface area contributed by atoms with Crippen molar-refractivity contribution in [2.45, 2.75) is 59.1 Å². The Morgan fingerprint density at radius 3 is 2.71 bits per heavy atom. The highest BCUT2D eigenvalue weighted by Crippen LogP contribution is 2.62. The molecule has 1 saturated carbocycles. The molecular formula is C21H30N2O5. The van der Waals surface area contributed by atoms with Crippen molar-refractivity contribution in [3.8, 4) is 5.75 Å². The maximum atomic E-state index is 12.6. The highest BCUT2D eigenvalue weighted by Gasteiger charge is 2.67. The smallest absolute Gasteiger partial charge is 0.410 e. The molecule has 1 amide bonds. The Morgan fingerprint density at radius 2 is 2.07 bits per heavy atom. The number of pyridine rings is 1. The number of fused-ring (bicyclic) bond motifs is 1. The Bertz CT molecular complexity index is 745. The fourth-order valence-corrected chi connectivity index (χ4v) is 4.22. The highest BCUT2D eigenvalue weighted by molar-refractivity contribution is 5.90. The van der Waals surface area contributed by atoms with Crippen molar-refractivity contribution in [1.82, 2.24) is 9.88 Å². The summed E-state index contributed by atoms with van der Waals surface area (Å²) in [5.74, 6) is 0.330. The zero-order valence-electron chi connectivity index (χ0n) is 17.4. The molecule has 3 rings (SSSR count). The molecule has 3 unspecified atom stereocenters. The van der Waals surface area contributed by atoms with E-state index in [2.05, 4.69) is 11.9 Å². The third kappa shape index (κ3) is 3.93. The van der Waals surface area contributed by atoms with Gasteiger partial charge in [-0.2, -0.15) is 0 Å². The molecule has 1 aliphatic carbocycles. The van der Waals surface area contributed by atoms with Crippen LogP contribution in [0.25, 0.3) is 0 Å². The van der Waals surface area contributed by atoms with E-state index >= 15 is 0 Å². The summed E-state index contributed by atoms with van der Waals surface area (Å²) in [6.45, 7) is 10.9. The second-order valence-electron chi connectivity index (χ2n) is 8.55. The molecule has 0 aromatic carbocycles. The Hall–Kier alpha value is -2.31. The summed E-state index contributed by atoms with van der Waals surface area (Å²) >= 11 is 0. The second-order valence-corrected chi connectivity index (χ2v) is 8.55. The van der Waals surface area contributed by atoms with E-state index in [4.69, 9.17) is 14.2 Å². The Labute approximate surface area is 166 Å². The van der Waals surface area contributed by atoms with Gasteiger partial charge in [-0.15, -0.1) is 0 Å². The molecule has 0 radical (unpaired) electrons. The van der Waals surface area contributed by atoms with Crippen molar-refractivity contribution in [3.05, 3.63) is 24.0 Å². The fraction of sp³-hybridized carbons (Fsp3) is 0.667. The zero-order valence-corrected chi connectivity index (χ0v) is 17.4. The molecule has 2 fully saturated rings.